The van der Waals surface area contributed by atoms with Gasteiger partial charge >= 0.3 is 6.03 Å². The molecule has 0 aliphatic carbocycles. The Morgan fingerprint density at radius 2 is 2.10 bits per heavy atom. The van der Waals surface area contributed by atoms with Crippen molar-refractivity contribution in [3.8, 4) is 0 Å². The molecular formula is C15H20N2O3. The molecule has 5 heteroatoms. The van der Waals surface area contributed by atoms with E-state index in [0.717, 1.165) is 22.3 Å². The molecule has 0 bridgehead atoms. The number of hydrogen-bond acceptors (Lipinski definition) is 3. The van der Waals surface area contributed by atoms with Crippen LogP contribution < -0.4 is 10.6 Å². The van der Waals surface area contributed by atoms with Crippen LogP contribution in [0.4, 0.5) is 4.79 Å². The maximum absolute atomic E-state index is 11.6. The molecule has 2 rings (SSSR count). The summed E-state index contributed by atoms with van der Waals surface area (Å²) in [6.45, 7) is 5.97. The van der Waals surface area contributed by atoms with E-state index in [0.29, 0.717) is 26.3 Å². The molecule has 1 aromatic carbocycles. The number of amides is 2. The van der Waals surface area contributed by atoms with E-state index in [2.05, 4.69) is 10.6 Å². The molecule has 5 nitrogen and oxygen atoms in total. The highest BCUT2D eigenvalue weighted by Gasteiger charge is 2.10. The van der Waals surface area contributed by atoms with Gasteiger partial charge < -0.3 is 19.8 Å². The fourth-order valence-electron chi connectivity index (χ4n) is 2.00. The molecule has 0 aliphatic rings. The summed E-state index contributed by atoms with van der Waals surface area (Å²) in [5, 5.41) is 6.59. The van der Waals surface area contributed by atoms with Crippen LogP contribution in [0.25, 0.3) is 11.0 Å². The third-order valence-electron chi connectivity index (χ3n) is 3.09. The smallest absolute Gasteiger partial charge is 0.315 e. The van der Waals surface area contributed by atoms with Gasteiger partial charge in [-0.05, 0) is 19.9 Å². The van der Waals surface area contributed by atoms with Crippen LogP contribution in [0.5, 0.6) is 0 Å². The van der Waals surface area contributed by atoms with Gasteiger partial charge in [0.1, 0.15) is 11.3 Å². The highest BCUT2D eigenvalue weighted by Crippen LogP contribution is 2.24. The lowest BCUT2D eigenvalue weighted by molar-refractivity contribution is 0.149. The van der Waals surface area contributed by atoms with Gasteiger partial charge in [0.25, 0.3) is 0 Å². The van der Waals surface area contributed by atoms with Crippen molar-refractivity contribution >= 4 is 17.0 Å². The monoisotopic (exact) mass is 276 g/mol. The number of hydrogen-bond donors (Lipinski definition) is 2. The number of carbonyl (C=O) groups excluding carboxylic acids is 1. The third-order valence-corrected chi connectivity index (χ3v) is 3.09. The van der Waals surface area contributed by atoms with Gasteiger partial charge in [0.05, 0.1) is 13.2 Å². The van der Waals surface area contributed by atoms with Crippen LogP contribution in [0, 0.1) is 6.92 Å². The molecule has 0 aliphatic heterocycles. The van der Waals surface area contributed by atoms with E-state index in [1.54, 1.807) is 0 Å². The quantitative estimate of drug-likeness (QED) is 0.797. The van der Waals surface area contributed by atoms with Gasteiger partial charge in [-0.25, -0.2) is 4.79 Å². The van der Waals surface area contributed by atoms with Crippen molar-refractivity contribution in [2.24, 2.45) is 0 Å². The maximum Gasteiger partial charge on any atom is 0.315 e. The Hall–Kier alpha value is -2.01. The predicted molar refractivity (Wildman–Crippen MR) is 77.7 cm³/mol. The number of furan rings is 1. The summed E-state index contributed by atoms with van der Waals surface area (Å²) in [5.74, 6) is 0.783. The van der Waals surface area contributed by atoms with Crippen molar-refractivity contribution in [3.05, 3.63) is 35.6 Å². The molecular weight excluding hydrogens is 256 g/mol. The number of urea groups is 1. The molecule has 0 unspecified atom stereocenters. The number of ether oxygens (including phenoxy) is 1. The van der Waals surface area contributed by atoms with E-state index in [1.165, 1.54) is 0 Å². The van der Waals surface area contributed by atoms with Crippen molar-refractivity contribution < 1.29 is 13.9 Å². The molecule has 0 atom stereocenters. The number of nitrogens with one attached hydrogen (secondary N) is 2. The average molecular weight is 276 g/mol. The van der Waals surface area contributed by atoms with E-state index >= 15 is 0 Å². The van der Waals surface area contributed by atoms with Crippen LogP contribution in [0.15, 0.2) is 28.7 Å². The lowest BCUT2D eigenvalue weighted by atomic mass is 10.1. The molecule has 2 aromatic rings. The average Bonchev–Trinajstić information content (AvgIpc) is 2.78. The minimum Gasteiger partial charge on any atom is -0.459 e. The SMILES string of the molecule is CCOCCNC(=O)NCc1oc2ccccc2c1C. The molecule has 0 spiro atoms. The van der Waals surface area contributed by atoms with Crippen LogP contribution in [-0.4, -0.2) is 25.8 Å². The fraction of sp³-hybridized carbons (Fsp3) is 0.400. The third kappa shape index (κ3) is 3.51. The summed E-state index contributed by atoms with van der Waals surface area (Å²) in [7, 11) is 0. The van der Waals surface area contributed by atoms with E-state index in [4.69, 9.17) is 9.15 Å². The number of aryl methyl sites for hydroxylation is 1. The van der Waals surface area contributed by atoms with Crippen LogP contribution in [0.1, 0.15) is 18.2 Å². The molecule has 0 saturated heterocycles. The lowest BCUT2D eigenvalue weighted by Crippen LogP contribution is -2.36. The van der Waals surface area contributed by atoms with Crippen molar-refractivity contribution in [2.45, 2.75) is 20.4 Å². The van der Waals surface area contributed by atoms with Crippen molar-refractivity contribution in [1.29, 1.82) is 0 Å². The fourth-order valence-corrected chi connectivity index (χ4v) is 2.00. The zero-order valence-corrected chi connectivity index (χ0v) is 11.9. The van der Waals surface area contributed by atoms with Gasteiger partial charge in [0, 0.05) is 24.1 Å². The van der Waals surface area contributed by atoms with Gasteiger partial charge in [-0.2, -0.15) is 0 Å². The second-order valence-corrected chi connectivity index (χ2v) is 4.45. The second-order valence-electron chi connectivity index (χ2n) is 4.45. The minimum atomic E-state index is -0.218. The predicted octanol–water partition coefficient (Wildman–Crippen LogP) is 2.58. The summed E-state index contributed by atoms with van der Waals surface area (Å²) in [6, 6.07) is 7.63. The van der Waals surface area contributed by atoms with E-state index < -0.39 is 0 Å². The van der Waals surface area contributed by atoms with Crippen molar-refractivity contribution in [3.63, 3.8) is 0 Å². The first-order valence-electron chi connectivity index (χ1n) is 6.78. The second kappa shape index (κ2) is 6.96. The highest BCUT2D eigenvalue weighted by atomic mass is 16.5. The molecule has 20 heavy (non-hydrogen) atoms. The van der Waals surface area contributed by atoms with Gasteiger partial charge in [-0.1, -0.05) is 18.2 Å². The molecule has 0 radical (unpaired) electrons. The number of benzene rings is 1. The standard InChI is InChI=1S/C15H20N2O3/c1-3-19-9-8-16-15(18)17-10-14-11(2)12-6-4-5-7-13(12)20-14/h4-7H,3,8-10H2,1-2H3,(H2,16,17,18). The van der Waals surface area contributed by atoms with Gasteiger partial charge in [-0.3, -0.25) is 0 Å². The summed E-state index contributed by atoms with van der Waals surface area (Å²) in [4.78, 5) is 11.6. The Labute approximate surface area is 118 Å². The molecule has 2 amide bonds. The van der Waals surface area contributed by atoms with Crippen LogP contribution >= 0.6 is 0 Å². The van der Waals surface area contributed by atoms with E-state index in [-0.39, 0.29) is 6.03 Å². The Morgan fingerprint density at radius 1 is 1.30 bits per heavy atom. The highest BCUT2D eigenvalue weighted by molar-refractivity contribution is 5.82. The van der Waals surface area contributed by atoms with Crippen molar-refractivity contribution in [1.82, 2.24) is 10.6 Å². The number of para-hydroxylation sites is 1. The Kier molecular flexibility index (Phi) is 5.01. The first kappa shape index (κ1) is 14.4. The van der Waals surface area contributed by atoms with Gasteiger partial charge in [-0.15, -0.1) is 0 Å². The zero-order valence-electron chi connectivity index (χ0n) is 11.9. The first-order chi connectivity index (χ1) is 9.72. The first-order valence-corrected chi connectivity index (χ1v) is 6.78. The summed E-state index contributed by atoms with van der Waals surface area (Å²) >= 11 is 0. The summed E-state index contributed by atoms with van der Waals surface area (Å²) in [5.41, 5.74) is 1.91. The summed E-state index contributed by atoms with van der Waals surface area (Å²) < 4.78 is 10.9. The Morgan fingerprint density at radius 3 is 2.85 bits per heavy atom. The summed E-state index contributed by atoms with van der Waals surface area (Å²) in [6.07, 6.45) is 0. The number of fused-ring (bicyclic) bond motifs is 1. The van der Waals surface area contributed by atoms with E-state index in [1.807, 2.05) is 38.1 Å². The van der Waals surface area contributed by atoms with Crippen LogP contribution in [-0.2, 0) is 11.3 Å². The largest absolute Gasteiger partial charge is 0.459 e. The number of rotatable bonds is 6. The Balaban J connectivity index is 1.86. The van der Waals surface area contributed by atoms with Gasteiger partial charge in [0.15, 0.2) is 0 Å². The van der Waals surface area contributed by atoms with E-state index in [9.17, 15) is 4.79 Å². The number of carbonyl (C=O) groups is 1. The normalized spacial score (nSPS) is 10.7. The lowest BCUT2D eigenvalue weighted by Gasteiger charge is -2.06. The maximum atomic E-state index is 11.6. The molecule has 1 aromatic heterocycles. The van der Waals surface area contributed by atoms with Gasteiger partial charge in [0.2, 0.25) is 0 Å². The topological polar surface area (TPSA) is 63.5 Å². The van der Waals surface area contributed by atoms with Crippen molar-refractivity contribution in [2.75, 3.05) is 19.8 Å². The van der Waals surface area contributed by atoms with Crippen LogP contribution in [0.2, 0.25) is 0 Å². The molecule has 0 saturated carbocycles. The minimum absolute atomic E-state index is 0.218. The Bertz CT molecular complexity index is 578. The molecule has 1 heterocycles. The molecule has 108 valence electrons. The van der Waals surface area contributed by atoms with Crippen LogP contribution in [0.3, 0.4) is 0 Å². The molecule has 0 fully saturated rings. The molecule has 2 N–H and O–H groups in total. The zero-order chi connectivity index (χ0) is 14.4.